The standard InChI is InChI=1S/C19H24BNO2/c1-12-14-8-6-7-9-15(14)16(17(21-12)13-10-11-13)20-22-18(2,3)19(4,5)23-20/h6-9,13H,10-11H2,1-5H3. The van der Waals surface area contributed by atoms with E-state index in [9.17, 15) is 0 Å². The van der Waals surface area contributed by atoms with E-state index in [1.807, 2.05) is 0 Å². The molecular formula is C19H24BNO2. The van der Waals surface area contributed by atoms with Crippen LogP contribution in [0.3, 0.4) is 0 Å². The van der Waals surface area contributed by atoms with Gasteiger partial charge in [0.1, 0.15) is 0 Å². The molecule has 0 spiro atoms. The van der Waals surface area contributed by atoms with Crippen LogP contribution in [0, 0.1) is 6.92 Å². The van der Waals surface area contributed by atoms with E-state index in [0.717, 1.165) is 11.2 Å². The first-order valence-corrected chi connectivity index (χ1v) is 8.55. The van der Waals surface area contributed by atoms with Crippen molar-refractivity contribution in [1.29, 1.82) is 0 Å². The van der Waals surface area contributed by atoms with Crippen molar-refractivity contribution >= 4 is 23.4 Å². The van der Waals surface area contributed by atoms with E-state index in [-0.39, 0.29) is 18.3 Å². The van der Waals surface area contributed by atoms with E-state index in [2.05, 4.69) is 58.9 Å². The molecule has 2 aliphatic rings. The number of nitrogens with zero attached hydrogens (tertiary/aromatic N) is 1. The summed E-state index contributed by atoms with van der Waals surface area (Å²) in [5.41, 5.74) is 2.77. The van der Waals surface area contributed by atoms with Gasteiger partial charge in [0.2, 0.25) is 0 Å². The second-order valence-electron chi connectivity index (χ2n) is 7.90. The van der Waals surface area contributed by atoms with Crippen LogP contribution in [0.1, 0.15) is 57.8 Å². The van der Waals surface area contributed by atoms with E-state index >= 15 is 0 Å². The minimum Gasteiger partial charge on any atom is -0.399 e. The highest BCUT2D eigenvalue weighted by molar-refractivity contribution is 6.65. The smallest absolute Gasteiger partial charge is 0.399 e. The number of hydrogen-bond donors (Lipinski definition) is 0. The SMILES string of the molecule is Cc1nc(C2CC2)c(B2OC(C)(C)C(C)(C)O2)c2ccccc12. The van der Waals surface area contributed by atoms with Crippen LogP contribution in [0.4, 0.5) is 0 Å². The summed E-state index contributed by atoms with van der Waals surface area (Å²) in [6.07, 6.45) is 2.44. The van der Waals surface area contributed by atoms with Crippen LogP contribution in [-0.2, 0) is 9.31 Å². The van der Waals surface area contributed by atoms with Gasteiger partial charge in [0.05, 0.1) is 11.2 Å². The molecule has 0 radical (unpaired) electrons. The van der Waals surface area contributed by atoms with Gasteiger partial charge in [0.25, 0.3) is 0 Å². The Labute approximate surface area is 138 Å². The predicted molar refractivity (Wildman–Crippen MR) is 94.2 cm³/mol. The molecule has 2 fully saturated rings. The van der Waals surface area contributed by atoms with Crippen LogP contribution in [0.25, 0.3) is 10.8 Å². The third kappa shape index (κ3) is 2.31. The number of pyridine rings is 1. The average Bonchev–Trinajstić information content (AvgIpc) is 3.27. The molecule has 4 rings (SSSR count). The fourth-order valence-electron chi connectivity index (χ4n) is 3.35. The predicted octanol–water partition coefficient (Wildman–Crippen LogP) is 3.72. The number of aryl methyl sites for hydroxylation is 1. The van der Waals surface area contributed by atoms with Gasteiger partial charge in [-0.1, -0.05) is 24.3 Å². The van der Waals surface area contributed by atoms with Crippen LogP contribution in [-0.4, -0.2) is 23.3 Å². The molecule has 4 heteroatoms. The summed E-state index contributed by atoms with van der Waals surface area (Å²) >= 11 is 0. The van der Waals surface area contributed by atoms with Gasteiger partial charge < -0.3 is 9.31 Å². The van der Waals surface area contributed by atoms with E-state index < -0.39 is 0 Å². The van der Waals surface area contributed by atoms with Crippen LogP contribution >= 0.6 is 0 Å². The molecule has 23 heavy (non-hydrogen) atoms. The van der Waals surface area contributed by atoms with Gasteiger partial charge in [-0.05, 0) is 52.8 Å². The van der Waals surface area contributed by atoms with Crippen molar-refractivity contribution in [2.75, 3.05) is 0 Å². The first kappa shape index (κ1) is 15.2. The lowest BCUT2D eigenvalue weighted by Gasteiger charge is -2.32. The normalized spacial score (nSPS) is 22.7. The number of aromatic nitrogens is 1. The molecule has 0 atom stereocenters. The summed E-state index contributed by atoms with van der Waals surface area (Å²) in [7, 11) is -0.339. The topological polar surface area (TPSA) is 31.4 Å². The lowest BCUT2D eigenvalue weighted by Crippen LogP contribution is -2.41. The third-order valence-electron chi connectivity index (χ3n) is 5.62. The highest BCUT2D eigenvalue weighted by atomic mass is 16.7. The summed E-state index contributed by atoms with van der Waals surface area (Å²) < 4.78 is 12.7. The number of benzene rings is 1. The van der Waals surface area contributed by atoms with Crippen LogP contribution in [0.2, 0.25) is 0 Å². The summed E-state index contributed by atoms with van der Waals surface area (Å²) in [6, 6.07) is 8.48. The number of hydrogen-bond acceptors (Lipinski definition) is 3. The Hall–Kier alpha value is -1.39. The second-order valence-corrected chi connectivity index (χ2v) is 7.90. The maximum atomic E-state index is 6.35. The quantitative estimate of drug-likeness (QED) is 0.792. The van der Waals surface area contributed by atoms with Gasteiger partial charge >= 0.3 is 7.12 Å². The molecule has 0 bridgehead atoms. The largest absolute Gasteiger partial charge is 0.497 e. The molecule has 0 amide bonds. The Morgan fingerprint density at radius 2 is 1.57 bits per heavy atom. The Kier molecular flexibility index (Phi) is 3.17. The molecule has 0 N–H and O–H groups in total. The Morgan fingerprint density at radius 3 is 2.13 bits per heavy atom. The molecule has 1 saturated carbocycles. The molecule has 1 aromatic heterocycles. The Balaban J connectivity index is 1.92. The summed E-state index contributed by atoms with van der Waals surface area (Å²) in [5.74, 6) is 0.562. The van der Waals surface area contributed by atoms with Gasteiger partial charge in [-0.15, -0.1) is 0 Å². The fourth-order valence-corrected chi connectivity index (χ4v) is 3.35. The van der Waals surface area contributed by atoms with Gasteiger partial charge in [-0.3, -0.25) is 4.98 Å². The minimum absolute atomic E-state index is 0.329. The Morgan fingerprint density at radius 1 is 1.00 bits per heavy atom. The molecule has 2 aromatic rings. The van der Waals surface area contributed by atoms with E-state index in [4.69, 9.17) is 14.3 Å². The monoisotopic (exact) mass is 309 g/mol. The van der Waals surface area contributed by atoms with Crippen molar-refractivity contribution in [1.82, 2.24) is 4.98 Å². The van der Waals surface area contributed by atoms with Crippen LogP contribution < -0.4 is 5.46 Å². The highest BCUT2D eigenvalue weighted by Gasteiger charge is 2.53. The van der Waals surface area contributed by atoms with Gasteiger partial charge in [0, 0.05) is 28.2 Å². The second kappa shape index (κ2) is 4.81. The van der Waals surface area contributed by atoms with Crippen LogP contribution in [0.5, 0.6) is 0 Å². The van der Waals surface area contributed by atoms with E-state index in [1.165, 1.54) is 29.3 Å². The molecule has 120 valence electrons. The molecule has 1 aliphatic heterocycles. The van der Waals surface area contributed by atoms with Gasteiger partial charge in [-0.25, -0.2) is 0 Å². The van der Waals surface area contributed by atoms with Crippen molar-refractivity contribution in [3.63, 3.8) is 0 Å². The summed E-state index contributed by atoms with van der Waals surface area (Å²) in [5, 5.41) is 2.42. The Bertz CT molecular complexity index is 764. The molecule has 1 aliphatic carbocycles. The number of fused-ring (bicyclic) bond motifs is 1. The lowest BCUT2D eigenvalue weighted by atomic mass is 9.73. The summed E-state index contributed by atoms with van der Waals surface area (Å²) in [6.45, 7) is 10.5. The zero-order chi connectivity index (χ0) is 16.4. The summed E-state index contributed by atoms with van der Waals surface area (Å²) in [4.78, 5) is 4.94. The van der Waals surface area contributed by atoms with Gasteiger partial charge in [0.15, 0.2) is 0 Å². The van der Waals surface area contributed by atoms with E-state index in [0.29, 0.717) is 5.92 Å². The van der Waals surface area contributed by atoms with Gasteiger partial charge in [-0.2, -0.15) is 0 Å². The minimum atomic E-state index is -0.339. The fraction of sp³-hybridized carbons (Fsp3) is 0.526. The van der Waals surface area contributed by atoms with Crippen molar-refractivity contribution in [2.45, 2.75) is 64.6 Å². The van der Waals surface area contributed by atoms with Crippen molar-refractivity contribution in [2.24, 2.45) is 0 Å². The third-order valence-corrected chi connectivity index (χ3v) is 5.62. The number of rotatable bonds is 2. The maximum absolute atomic E-state index is 6.35. The van der Waals surface area contributed by atoms with E-state index in [1.54, 1.807) is 0 Å². The highest BCUT2D eigenvalue weighted by Crippen LogP contribution is 2.42. The van der Waals surface area contributed by atoms with Crippen molar-refractivity contribution < 1.29 is 9.31 Å². The molecule has 1 saturated heterocycles. The first-order valence-electron chi connectivity index (χ1n) is 8.55. The zero-order valence-electron chi connectivity index (χ0n) is 14.6. The lowest BCUT2D eigenvalue weighted by molar-refractivity contribution is 0.00578. The zero-order valence-corrected chi connectivity index (χ0v) is 14.6. The van der Waals surface area contributed by atoms with Crippen molar-refractivity contribution in [3.8, 4) is 0 Å². The molecule has 2 heterocycles. The van der Waals surface area contributed by atoms with Crippen LogP contribution in [0.15, 0.2) is 24.3 Å². The first-order chi connectivity index (χ1) is 10.8. The average molecular weight is 309 g/mol. The molecule has 1 aromatic carbocycles. The molecule has 3 nitrogen and oxygen atoms in total. The maximum Gasteiger partial charge on any atom is 0.497 e. The molecule has 0 unspecified atom stereocenters. The molecular weight excluding hydrogens is 285 g/mol. The van der Waals surface area contributed by atoms with Crippen molar-refractivity contribution in [3.05, 3.63) is 35.7 Å².